The molecule has 2 rings (SSSR count). The third-order valence-corrected chi connectivity index (χ3v) is 4.62. The van der Waals surface area contributed by atoms with Crippen LogP contribution >= 0.6 is 23.5 Å². The molecule has 0 atom stereocenters. The van der Waals surface area contributed by atoms with Crippen LogP contribution in [0.15, 0.2) is 53.7 Å². The second kappa shape index (κ2) is 9.52. The maximum absolute atomic E-state index is 12.5. The van der Waals surface area contributed by atoms with Crippen molar-refractivity contribution in [3.05, 3.63) is 59.8 Å². The molecular weight excluding hydrogens is 338 g/mol. The predicted octanol–water partition coefficient (Wildman–Crippen LogP) is 4.06. The minimum absolute atomic E-state index is 0.0527. The van der Waals surface area contributed by atoms with Gasteiger partial charge in [-0.05, 0) is 29.5 Å². The first kappa shape index (κ1) is 17.7. The first-order valence-corrected chi connectivity index (χ1v) is 9.00. The van der Waals surface area contributed by atoms with E-state index in [9.17, 15) is 13.6 Å². The maximum atomic E-state index is 12.5. The molecule has 0 unspecified atom stereocenters. The molecule has 3 nitrogen and oxygen atoms in total. The summed E-state index contributed by atoms with van der Waals surface area (Å²) in [7, 11) is 0. The third-order valence-electron chi connectivity index (χ3n) is 2.86. The van der Waals surface area contributed by atoms with Crippen molar-refractivity contribution in [1.29, 1.82) is 0 Å². The summed E-state index contributed by atoms with van der Waals surface area (Å²) in [6.45, 7) is 0.476. The lowest BCUT2D eigenvalue weighted by atomic mass is 10.2. The lowest BCUT2D eigenvalue weighted by Gasteiger charge is -2.08. The molecule has 1 heterocycles. The van der Waals surface area contributed by atoms with Gasteiger partial charge in [0.05, 0.1) is 5.56 Å². The van der Waals surface area contributed by atoms with Crippen LogP contribution in [-0.2, 0) is 5.75 Å². The number of nitrogens with one attached hydrogen (secondary N) is 1. The first-order chi connectivity index (χ1) is 11.2. The normalized spacial score (nSPS) is 10.7. The average molecular weight is 354 g/mol. The third kappa shape index (κ3) is 6.19. The van der Waals surface area contributed by atoms with E-state index < -0.39 is 5.76 Å². The number of nitrogens with zero attached hydrogens (tertiary/aromatic N) is 1. The van der Waals surface area contributed by atoms with Gasteiger partial charge in [-0.3, -0.25) is 4.79 Å². The Morgan fingerprint density at radius 2 is 1.96 bits per heavy atom. The van der Waals surface area contributed by atoms with Crippen molar-refractivity contribution in [2.75, 3.05) is 12.3 Å². The molecule has 1 aromatic carbocycles. The molecule has 0 radical (unpaired) electrons. The van der Waals surface area contributed by atoms with Crippen molar-refractivity contribution in [3.8, 4) is 0 Å². The van der Waals surface area contributed by atoms with Crippen LogP contribution in [0.5, 0.6) is 0 Å². The number of alkyl halides is 2. The fourth-order valence-corrected chi connectivity index (χ4v) is 3.24. The van der Waals surface area contributed by atoms with E-state index >= 15 is 0 Å². The monoisotopic (exact) mass is 354 g/mol. The molecule has 0 fully saturated rings. The van der Waals surface area contributed by atoms with E-state index in [0.717, 1.165) is 11.5 Å². The topological polar surface area (TPSA) is 42.0 Å². The Kier molecular flexibility index (Phi) is 7.35. The summed E-state index contributed by atoms with van der Waals surface area (Å²) in [4.78, 5) is 15.9. The van der Waals surface area contributed by atoms with Crippen LogP contribution in [0.1, 0.15) is 15.9 Å². The molecule has 1 amide bonds. The lowest BCUT2D eigenvalue weighted by Crippen LogP contribution is -2.26. The van der Waals surface area contributed by atoms with Crippen LogP contribution in [-0.4, -0.2) is 28.9 Å². The molecular formula is C16H16F2N2OS2. The number of pyridine rings is 1. The van der Waals surface area contributed by atoms with Crippen molar-refractivity contribution >= 4 is 29.4 Å². The molecule has 0 aliphatic heterocycles. The van der Waals surface area contributed by atoms with E-state index in [1.165, 1.54) is 17.8 Å². The van der Waals surface area contributed by atoms with Crippen LogP contribution in [0.2, 0.25) is 0 Å². The van der Waals surface area contributed by atoms with Gasteiger partial charge in [0, 0.05) is 24.2 Å². The Bertz CT molecular complexity index is 626. The number of rotatable bonds is 8. The van der Waals surface area contributed by atoms with Crippen LogP contribution < -0.4 is 5.32 Å². The quantitative estimate of drug-likeness (QED) is 0.573. The second-order valence-electron chi connectivity index (χ2n) is 4.53. The van der Waals surface area contributed by atoms with Gasteiger partial charge >= 0.3 is 0 Å². The highest BCUT2D eigenvalue weighted by atomic mass is 32.2. The summed E-state index contributed by atoms with van der Waals surface area (Å²) in [6.07, 6.45) is 1.40. The molecule has 2 aromatic rings. The first-order valence-electron chi connectivity index (χ1n) is 6.96. The van der Waals surface area contributed by atoms with Crippen LogP contribution in [0, 0.1) is 0 Å². The number of amides is 1. The second-order valence-corrected chi connectivity index (χ2v) is 6.61. The molecule has 0 saturated carbocycles. The highest BCUT2D eigenvalue weighted by Crippen LogP contribution is 2.26. The van der Waals surface area contributed by atoms with E-state index in [4.69, 9.17) is 0 Å². The summed E-state index contributed by atoms with van der Waals surface area (Å²) in [5.41, 5.74) is 1.41. The van der Waals surface area contributed by atoms with Crippen LogP contribution in [0.4, 0.5) is 8.78 Å². The predicted molar refractivity (Wildman–Crippen MR) is 91.0 cm³/mol. The van der Waals surface area contributed by atoms with Gasteiger partial charge in [0.1, 0.15) is 5.03 Å². The molecule has 0 bridgehead atoms. The summed E-state index contributed by atoms with van der Waals surface area (Å²) in [6, 6.07) is 13.1. The summed E-state index contributed by atoms with van der Waals surface area (Å²) in [5.74, 6) is -1.35. The van der Waals surface area contributed by atoms with Crippen molar-refractivity contribution in [1.82, 2.24) is 10.3 Å². The molecule has 0 aliphatic carbocycles. The average Bonchev–Trinajstić information content (AvgIpc) is 2.55. The van der Waals surface area contributed by atoms with Gasteiger partial charge in [-0.25, -0.2) is 4.98 Å². The summed E-state index contributed by atoms with van der Waals surface area (Å²) >= 11 is 1.99. The SMILES string of the molecule is O=C(NCCSCc1ccccc1)c1cccnc1SC(F)F. The smallest absolute Gasteiger partial charge is 0.290 e. The zero-order valence-electron chi connectivity index (χ0n) is 12.2. The van der Waals surface area contributed by atoms with E-state index in [0.29, 0.717) is 6.54 Å². The molecule has 1 aromatic heterocycles. The summed E-state index contributed by atoms with van der Waals surface area (Å²) < 4.78 is 24.9. The molecule has 23 heavy (non-hydrogen) atoms. The van der Waals surface area contributed by atoms with Crippen molar-refractivity contribution in [3.63, 3.8) is 0 Å². The Morgan fingerprint density at radius 3 is 2.70 bits per heavy atom. The Morgan fingerprint density at radius 1 is 1.17 bits per heavy atom. The van der Waals surface area contributed by atoms with Gasteiger partial charge in [0.15, 0.2) is 0 Å². The molecule has 1 N–H and O–H groups in total. The fourth-order valence-electron chi connectivity index (χ4n) is 1.84. The molecule has 0 aliphatic rings. The zero-order chi connectivity index (χ0) is 16.5. The Balaban J connectivity index is 1.77. The van der Waals surface area contributed by atoms with E-state index in [-0.39, 0.29) is 28.3 Å². The zero-order valence-corrected chi connectivity index (χ0v) is 13.9. The van der Waals surface area contributed by atoms with Gasteiger partial charge in [-0.15, -0.1) is 0 Å². The number of benzene rings is 1. The van der Waals surface area contributed by atoms with Gasteiger partial charge in [0.25, 0.3) is 11.7 Å². The molecule has 0 saturated heterocycles. The highest BCUT2D eigenvalue weighted by Gasteiger charge is 2.16. The van der Waals surface area contributed by atoms with Gasteiger partial charge in [-0.2, -0.15) is 20.5 Å². The molecule has 0 spiro atoms. The molecule has 7 heteroatoms. The lowest BCUT2D eigenvalue weighted by molar-refractivity contribution is 0.0952. The number of hydrogen-bond donors (Lipinski definition) is 1. The van der Waals surface area contributed by atoms with Crippen molar-refractivity contribution in [2.24, 2.45) is 0 Å². The van der Waals surface area contributed by atoms with Gasteiger partial charge < -0.3 is 5.32 Å². The number of hydrogen-bond acceptors (Lipinski definition) is 4. The number of thioether (sulfide) groups is 2. The minimum atomic E-state index is -2.60. The van der Waals surface area contributed by atoms with Gasteiger partial charge in [-0.1, -0.05) is 30.3 Å². The van der Waals surface area contributed by atoms with Crippen LogP contribution in [0.25, 0.3) is 0 Å². The Hall–Kier alpha value is -1.60. The highest BCUT2D eigenvalue weighted by molar-refractivity contribution is 7.99. The number of aromatic nitrogens is 1. The van der Waals surface area contributed by atoms with Crippen molar-refractivity contribution in [2.45, 2.75) is 16.5 Å². The molecule has 122 valence electrons. The van der Waals surface area contributed by atoms with Crippen LogP contribution in [0.3, 0.4) is 0 Å². The largest absolute Gasteiger partial charge is 0.351 e. The standard InChI is InChI=1S/C16H16F2N2OS2/c17-16(18)23-15-13(7-4-8-20-15)14(21)19-9-10-22-11-12-5-2-1-3-6-12/h1-8,16H,9-11H2,(H,19,21). The summed E-state index contributed by atoms with van der Waals surface area (Å²) in [5, 5.41) is 2.79. The number of halogens is 2. The van der Waals surface area contributed by atoms with Gasteiger partial charge in [0.2, 0.25) is 0 Å². The van der Waals surface area contributed by atoms with E-state index in [1.807, 2.05) is 18.2 Å². The van der Waals surface area contributed by atoms with E-state index in [2.05, 4.69) is 22.4 Å². The van der Waals surface area contributed by atoms with E-state index in [1.54, 1.807) is 17.8 Å². The number of carbonyl (C=O) groups is 1. The maximum Gasteiger partial charge on any atom is 0.290 e. The minimum Gasteiger partial charge on any atom is -0.351 e. The number of carbonyl (C=O) groups excluding carboxylic acids is 1. The van der Waals surface area contributed by atoms with Crippen molar-refractivity contribution < 1.29 is 13.6 Å². The fraction of sp³-hybridized carbons (Fsp3) is 0.250. The Labute approximate surface area is 142 Å².